The highest BCUT2D eigenvalue weighted by Gasteiger charge is 2.16. The van der Waals surface area contributed by atoms with E-state index < -0.39 is 12.0 Å². The second-order valence-electron chi connectivity index (χ2n) is 5.30. The highest BCUT2D eigenvalue weighted by molar-refractivity contribution is 5.73. The Bertz CT molecular complexity index is 365. The summed E-state index contributed by atoms with van der Waals surface area (Å²) in [5.74, 6) is -0.764. The molecule has 0 spiro atoms. The summed E-state index contributed by atoms with van der Waals surface area (Å²) in [6.45, 7) is 3.00. The van der Waals surface area contributed by atoms with Crippen LogP contribution in [-0.2, 0) is 11.2 Å². The minimum atomic E-state index is -0.764. The standard InChI is InChI=1S/C17H27NO2/c1-2-3-4-5-6-10-13-18-16(17(19)20)14-15-11-8-7-9-12-15/h7-9,11-12,16,18H,2-6,10,13-14H2,1H3,(H,19,20)/t16-/m0/s1. The van der Waals surface area contributed by atoms with E-state index in [2.05, 4.69) is 12.2 Å². The Hall–Kier alpha value is -1.35. The summed E-state index contributed by atoms with van der Waals surface area (Å²) < 4.78 is 0. The minimum absolute atomic E-state index is 0.479. The van der Waals surface area contributed by atoms with Gasteiger partial charge in [0.25, 0.3) is 0 Å². The van der Waals surface area contributed by atoms with Crippen LogP contribution in [0, 0.1) is 0 Å². The van der Waals surface area contributed by atoms with Crippen molar-refractivity contribution in [3.8, 4) is 0 Å². The number of hydrogen-bond acceptors (Lipinski definition) is 2. The van der Waals surface area contributed by atoms with Crippen molar-refractivity contribution >= 4 is 5.97 Å². The lowest BCUT2D eigenvalue weighted by atomic mass is 10.1. The summed E-state index contributed by atoms with van der Waals surface area (Å²) in [6, 6.07) is 9.31. The number of hydrogen-bond donors (Lipinski definition) is 2. The van der Waals surface area contributed by atoms with E-state index in [0.717, 1.165) is 18.5 Å². The number of carbonyl (C=O) groups is 1. The molecule has 0 heterocycles. The monoisotopic (exact) mass is 277 g/mol. The fourth-order valence-corrected chi connectivity index (χ4v) is 2.28. The molecule has 1 rings (SSSR count). The SMILES string of the molecule is CCCCCCCCN[C@@H](Cc1ccccc1)C(=O)O. The number of rotatable bonds is 11. The van der Waals surface area contributed by atoms with Gasteiger partial charge in [-0.3, -0.25) is 4.79 Å². The van der Waals surface area contributed by atoms with Crippen LogP contribution in [0.25, 0.3) is 0 Å². The maximum atomic E-state index is 11.2. The number of carboxylic acids is 1. The average molecular weight is 277 g/mol. The Balaban J connectivity index is 2.21. The van der Waals surface area contributed by atoms with Crippen molar-refractivity contribution in [2.24, 2.45) is 0 Å². The van der Waals surface area contributed by atoms with Gasteiger partial charge < -0.3 is 10.4 Å². The van der Waals surface area contributed by atoms with Crippen molar-refractivity contribution in [3.63, 3.8) is 0 Å². The van der Waals surface area contributed by atoms with Crippen molar-refractivity contribution in [2.75, 3.05) is 6.54 Å². The average Bonchev–Trinajstić information content (AvgIpc) is 2.46. The van der Waals surface area contributed by atoms with Crippen LogP contribution < -0.4 is 5.32 Å². The number of benzene rings is 1. The summed E-state index contributed by atoms with van der Waals surface area (Å²) in [6.07, 6.45) is 7.91. The first-order valence-electron chi connectivity index (χ1n) is 7.74. The fourth-order valence-electron chi connectivity index (χ4n) is 2.28. The van der Waals surface area contributed by atoms with E-state index in [1.165, 1.54) is 32.1 Å². The Morgan fingerprint density at radius 2 is 1.75 bits per heavy atom. The van der Waals surface area contributed by atoms with Gasteiger partial charge in [-0.25, -0.2) is 0 Å². The van der Waals surface area contributed by atoms with Gasteiger partial charge >= 0.3 is 5.97 Å². The van der Waals surface area contributed by atoms with Gasteiger partial charge in [0.15, 0.2) is 0 Å². The zero-order valence-electron chi connectivity index (χ0n) is 12.5. The first kappa shape index (κ1) is 16.7. The molecule has 0 radical (unpaired) electrons. The molecule has 1 aromatic rings. The summed E-state index contributed by atoms with van der Waals surface area (Å²) >= 11 is 0. The lowest BCUT2D eigenvalue weighted by Crippen LogP contribution is -2.39. The summed E-state index contributed by atoms with van der Waals surface area (Å²) in [4.78, 5) is 11.2. The van der Waals surface area contributed by atoms with Gasteiger partial charge in [0.1, 0.15) is 6.04 Å². The van der Waals surface area contributed by atoms with E-state index in [1.807, 2.05) is 30.3 Å². The second kappa shape index (κ2) is 10.4. The molecule has 0 saturated carbocycles. The van der Waals surface area contributed by atoms with Crippen LogP contribution in [0.3, 0.4) is 0 Å². The van der Waals surface area contributed by atoms with E-state index in [4.69, 9.17) is 0 Å². The van der Waals surface area contributed by atoms with Crippen LogP contribution in [0.15, 0.2) is 30.3 Å². The quantitative estimate of drug-likeness (QED) is 0.607. The summed E-state index contributed by atoms with van der Waals surface area (Å²) in [5, 5.41) is 12.4. The molecule has 1 aromatic carbocycles. The third kappa shape index (κ3) is 7.29. The number of nitrogens with one attached hydrogen (secondary N) is 1. The maximum Gasteiger partial charge on any atom is 0.321 e. The normalized spacial score (nSPS) is 12.2. The van der Waals surface area contributed by atoms with Gasteiger partial charge in [-0.15, -0.1) is 0 Å². The predicted octanol–water partition coefficient (Wildman–Crippen LogP) is 3.63. The molecule has 0 aliphatic rings. The van der Waals surface area contributed by atoms with Gasteiger partial charge in [0, 0.05) is 0 Å². The fraction of sp³-hybridized carbons (Fsp3) is 0.588. The molecule has 0 bridgehead atoms. The molecule has 2 N–H and O–H groups in total. The molecule has 0 amide bonds. The molecule has 0 saturated heterocycles. The molecular formula is C17H27NO2. The molecule has 0 aliphatic carbocycles. The van der Waals surface area contributed by atoms with Crippen LogP contribution >= 0.6 is 0 Å². The van der Waals surface area contributed by atoms with Gasteiger partial charge in [0.2, 0.25) is 0 Å². The van der Waals surface area contributed by atoms with Crippen LogP contribution in [0.2, 0.25) is 0 Å². The smallest absolute Gasteiger partial charge is 0.321 e. The molecule has 0 fully saturated rings. The predicted molar refractivity (Wildman–Crippen MR) is 82.9 cm³/mol. The van der Waals surface area contributed by atoms with Crippen molar-refractivity contribution < 1.29 is 9.90 Å². The first-order chi connectivity index (χ1) is 9.74. The third-order valence-electron chi connectivity index (χ3n) is 3.50. The highest BCUT2D eigenvalue weighted by atomic mass is 16.4. The van der Waals surface area contributed by atoms with Crippen molar-refractivity contribution in [1.82, 2.24) is 5.32 Å². The molecule has 112 valence electrons. The van der Waals surface area contributed by atoms with Gasteiger partial charge in [-0.1, -0.05) is 69.4 Å². The Morgan fingerprint density at radius 3 is 2.40 bits per heavy atom. The third-order valence-corrected chi connectivity index (χ3v) is 3.50. The molecule has 0 aliphatic heterocycles. The highest BCUT2D eigenvalue weighted by Crippen LogP contribution is 2.06. The molecule has 3 heteroatoms. The van der Waals surface area contributed by atoms with Crippen LogP contribution in [0.4, 0.5) is 0 Å². The van der Waals surface area contributed by atoms with Gasteiger partial charge in [0.05, 0.1) is 0 Å². The zero-order chi connectivity index (χ0) is 14.6. The molecule has 0 unspecified atom stereocenters. The number of unbranched alkanes of at least 4 members (excludes halogenated alkanes) is 5. The van der Waals surface area contributed by atoms with Crippen molar-refractivity contribution in [3.05, 3.63) is 35.9 Å². The maximum absolute atomic E-state index is 11.2. The minimum Gasteiger partial charge on any atom is -0.480 e. The van der Waals surface area contributed by atoms with Crippen LogP contribution in [0.1, 0.15) is 51.0 Å². The molecular weight excluding hydrogens is 250 g/mol. The largest absolute Gasteiger partial charge is 0.480 e. The van der Waals surface area contributed by atoms with Crippen LogP contribution in [-0.4, -0.2) is 23.7 Å². The summed E-state index contributed by atoms with van der Waals surface area (Å²) in [7, 11) is 0. The number of carboxylic acid groups (broad SMARTS) is 1. The molecule has 0 aromatic heterocycles. The van der Waals surface area contributed by atoms with E-state index in [0.29, 0.717) is 6.42 Å². The second-order valence-corrected chi connectivity index (χ2v) is 5.30. The molecule has 3 nitrogen and oxygen atoms in total. The van der Waals surface area contributed by atoms with E-state index in [1.54, 1.807) is 0 Å². The molecule has 1 atom stereocenters. The first-order valence-corrected chi connectivity index (χ1v) is 7.74. The van der Waals surface area contributed by atoms with E-state index in [-0.39, 0.29) is 0 Å². The Labute approximate surface area is 122 Å². The summed E-state index contributed by atoms with van der Waals surface area (Å²) in [5.41, 5.74) is 1.07. The van der Waals surface area contributed by atoms with Crippen molar-refractivity contribution in [2.45, 2.75) is 57.9 Å². The van der Waals surface area contributed by atoms with Gasteiger partial charge in [-0.05, 0) is 24.9 Å². The lowest BCUT2D eigenvalue weighted by molar-refractivity contribution is -0.139. The zero-order valence-corrected chi connectivity index (χ0v) is 12.5. The Morgan fingerprint density at radius 1 is 1.10 bits per heavy atom. The van der Waals surface area contributed by atoms with E-state index >= 15 is 0 Å². The lowest BCUT2D eigenvalue weighted by Gasteiger charge is -2.14. The molecule has 20 heavy (non-hydrogen) atoms. The van der Waals surface area contributed by atoms with Gasteiger partial charge in [-0.2, -0.15) is 0 Å². The number of aliphatic carboxylic acids is 1. The topological polar surface area (TPSA) is 49.3 Å². The van der Waals surface area contributed by atoms with Crippen molar-refractivity contribution in [1.29, 1.82) is 0 Å². The Kier molecular flexibility index (Phi) is 8.72. The van der Waals surface area contributed by atoms with Crippen LogP contribution in [0.5, 0.6) is 0 Å². The van der Waals surface area contributed by atoms with E-state index in [9.17, 15) is 9.90 Å².